The highest BCUT2D eigenvalue weighted by Gasteiger charge is 2.23. The summed E-state index contributed by atoms with van der Waals surface area (Å²) in [4.78, 5) is 17.0. The molecule has 1 fully saturated rings. The molecule has 6 nitrogen and oxygen atoms in total. The molecular formula is C20H25N3O3S. The highest BCUT2D eigenvalue weighted by molar-refractivity contribution is 7.89. The molecule has 144 valence electrons. The van der Waals surface area contributed by atoms with Crippen LogP contribution in [0.1, 0.15) is 22.8 Å². The van der Waals surface area contributed by atoms with Gasteiger partial charge in [-0.2, -0.15) is 0 Å². The first-order chi connectivity index (χ1) is 12.9. The van der Waals surface area contributed by atoms with Crippen LogP contribution in [0.2, 0.25) is 0 Å². The number of nitrogens with one attached hydrogen (secondary N) is 1. The average molecular weight is 388 g/mol. The van der Waals surface area contributed by atoms with Gasteiger partial charge in [-0.3, -0.25) is 4.79 Å². The Labute approximate surface area is 160 Å². The van der Waals surface area contributed by atoms with Gasteiger partial charge in [0.05, 0.1) is 4.90 Å². The Balaban J connectivity index is 1.69. The van der Waals surface area contributed by atoms with E-state index in [1.807, 2.05) is 6.07 Å². The summed E-state index contributed by atoms with van der Waals surface area (Å²) in [6.45, 7) is 6.82. The smallest absolute Gasteiger partial charge is 0.254 e. The maximum absolute atomic E-state index is 12.8. The molecular weight excluding hydrogens is 362 g/mol. The van der Waals surface area contributed by atoms with Crippen LogP contribution in [0.4, 0.5) is 5.69 Å². The number of hydrogen-bond acceptors (Lipinski definition) is 4. The highest BCUT2D eigenvalue weighted by atomic mass is 32.2. The van der Waals surface area contributed by atoms with Gasteiger partial charge in [-0.05, 0) is 42.8 Å². The Morgan fingerprint density at radius 1 is 1.04 bits per heavy atom. The van der Waals surface area contributed by atoms with Crippen molar-refractivity contribution in [3.8, 4) is 0 Å². The molecule has 0 aliphatic carbocycles. The molecule has 1 aliphatic rings. The number of benzene rings is 2. The van der Waals surface area contributed by atoms with Crippen molar-refractivity contribution in [3.63, 3.8) is 0 Å². The summed E-state index contributed by atoms with van der Waals surface area (Å²) in [6, 6.07) is 14.6. The maximum atomic E-state index is 12.8. The fourth-order valence-electron chi connectivity index (χ4n) is 3.24. The number of aryl methyl sites for hydroxylation is 1. The predicted molar refractivity (Wildman–Crippen MR) is 107 cm³/mol. The topological polar surface area (TPSA) is 69.7 Å². The summed E-state index contributed by atoms with van der Waals surface area (Å²) < 4.78 is 26.8. The molecule has 0 spiro atoms. The second-order valence-electron chi connectivity index (χ2n) is 6.65. The number of sulfonamides is 1. The first-order valence-electron chi connectivity index (χ1n) is 9.11. The molecule has 1 aliphatic heterocycles. The lowest BCUT2D eigenvalue weighted by Crippen LogP contribution is -2.48. The van der Waals surface area contributed by atoms with Crippen molar-refractivity contribution in [2.45, 2.75) is 18.7 Å². The lowest BCUT2D eigenvalue weighted by Gasteiger charge is -2.36. The summed E-state index contributed by atoms with van der Waals surface area (Å²) in [5, 5.41) is 0. The first kappa shape index (κ1) is 19.4. The van der Waals surface area contributed by atoms with E-state index in [-0.39, 0.29) is 10.8 Å². The summed E-state index contributed by atoms with van der Waals surface area (Å²) in [7, 11) is -3.57. The third-order valence-electron chi connectivity index (χ3n) is 4.66. The Kier molecular flexibility index (Phi) is 5.82. The van der Waals surface area contributed by atoms with Gasteiger partial charge in [-0.25, -0.2) is 13.1 Å². The van der Waals surface area contributed by atoms with E-state index in [2.05, 4.69) is 34.7 Å². The fourth-order valence-corrected chi connectivity index (χ4v) is 4.33. The van der Waals surface area contributed by atoms with Crippen molar-refractivity contribution < 1.29 is 13.2 Å². The number of nitrogens with zero attached hydrogens (tertiary/aromatic N) is 2. The van der Waals surface area contributed by atoms with Gasteiger partial charge in [0.2, 0.25) is 10.0 Å². The molecule has 1 heterocycles. The Bertz CT molecular complexity index is 920. The number of rotatable bonds is 5. The van der Waals surface area contributed by atoms with E-state index in [0.29, 0.717) is 25.2 Å². The van der Waals surface area contributed by atoms with Crippen LogP contribution in [0, 0.1) is 6.92 Å². The molecule has 0 bridgehead atoms. The zero-order chi connectivity index (χ0) is 19.4. The Morgan fingerprint density at radius 2 is 1.74 bits per heavy atom. The van der Waals surface area contributed by atoms with Crippen molar-refractivity contribution in [2.75, 3.05) is 37.6 Å². The number of anilines is 1. The standard InChI is InChI=1S/C20H25N3O3S/c1-3-21-27(25,26)19-9-5-7-17(15-19)20(24)23-12-10-22(11-13-23)18-8-4-6-16(2)14-18/h4-9,14-15,21H,3,10-13H2,1-2H3. The van der Waals surface area contributed by atoms with Crippen LogP contribution in [0.3, 0.4) is 0 Å². The van der Waals surface area contributed by atoms with Crippen molar-refractivity contribution in [2.24, 2.45) is 0 Å². The van der Waals surface area contributed by atoms with Gasteiger partial charge in [0.1, 0.15) is 0 Å². The van der Waals surface area contributed by atoms with Gasteiger partial charge >= 0.3 is 0 Å². The number of piperazine rings is 1. The fraction of sp³-hybridized carbons (Fsp3) is 0.350. The van der Waals surface area contributed by atoms with E-state index >= 15 is 0 Å². The molecule has 1 saturated heterocycles. The van der Waals surface area contributed by atoms with Gasteiger partial charge < -0.3 is 9.80 Å². The molecule has 2 aromatic carbocycles. The molecule has 1 N–H and O–H groups in total. The molecule has 0 unspecified atom stereocenters. The summed E-state index contributed by atoms with van der Waals surface area (Å²) >= 11 is 0. The summed E-state index contributed by atoms with van der Waals surface area (Å²) in [6.07, 6.45) is 0. The van der Waals surface area contributed by atoms with Crippen molar-refractivity contribution in [1.82, 2.24) is 9.62 Å². The van der Waals surface area contributed by atoms with Crippen molar-refractivity contribution >= 4 is 21.6 Å². The van der Waals surface area contributed by atoms with Gasteiger partial charge in [-0.1, -0.05) is 25.1 Å². The second kappa shape index (κ2) is 8.10. The predicted octanol–water partition coefficient (Wildman–Crippen LogP) is 2.26. The van der Waals surface area contributed by atoms with E-state index in [4.69, 9.17) is 0 Å². The molecule has 27 heavy (non-hydrogen) atoms. The second-order valence-corrected chi connectivity index (χ2v) is 8.41. The molecule has 0 saturated carbocycles. The van der Waals surface area contributed by atoms with Gasteiger partial charge in [-0.15, -0.1) is 0 Å². The minimum Gasteiger partial charge on any atom is -0.368 e. The monoisotopic (exact) mass is 387 g/mol. The van der Waals surface area contributed by atoms with Crippen LogP contribution < -0.4 is 9.62 Å². The van der Waals surface area contributed by atoms with E-state index in [9.17, 15) is 13.2 Å². The number of carbonyl (C=O) groups excluding carboxylic acids is 1. The Morgan fingerprint density at radius 3 is 2.41 bits per heavy atom. The highest BCUT2D eigenvalue weighted by Crippen LogP contribution is 2.19. The van der Waals surface area contributed by atoms with Crippen LogP contribution >= 0.6 is 0 Å². The zero-order valence-electron chi connectivity index (χ0n) is 15.7. The third kappa shape index (κ3) is 4.48. The largest absolute Gasteiger partial charge is 0.368 e. The van der Waals surface area contributed by atoms with Gasteiger partial charge in [0.15, 0.2) is 0 Å². The Hall–Kier alpha value is -2.38. The lowest BCUT2D eigenvalue weighted by atomic mass is 10.1. The molecule has 0 aromatic heterocycles. The van der Waals surface area contributed by atoms with E-state index < -0.39 is 10.0 Å². The first-order valence-corrected chi connectivity index (χ1v) is 10.6. The van der Waals surface area contributed by atoms with Crippen LogP contribution in [-0.4, -0.2) is 51.9 Å². The van der Waals surface area contributed by atoms with Gasteiger partial charge in [0.25, 0.3) is 5.91 Å². The van der Waals surface area contributed by atoms with Crippen molar-refractivity contribution in [1.29, 1.82) is 0 Å². The van der Waals surface area contributed by atoms with E-state index in [1.165, 1.54) is 23.4 Å². The molecule has 0 atom stereocenters. The average Bonchev–Trinajstić information content (AvgIpc) is 2.68. The van der Waals surface area contributed by atoms with Crippen LogP contribution in [-0.2, 0) is 10.0 Å². The number of hydrogen-bond donors (Lipinski definition) is 1. The van der Waals surface area contributed by atoms with Gasteiger partial charge in [0, 0.05) is 44.0 Å². The SMILES string of the molecule is CCNS(=O)(=O)c1cccc(C(=O)N2CCN(c3cccc(C)c3)CC2)c1. The quantitative estimate of drug-likeness (QED) is 0.854. The maximum Gasteiger partial charge on any atom is 0.254 e. The van der Waals surface area contributed by atoms with Crippen LogP contribution in [0.15, 0.2) is 53.4 Å². The van der Waals surface area contributed by atoms with Crippen LogP contribution in [0.5, 0.6) is 0 Å². The van der Waals surface area contributed by atoms with Crippen LogP contribution in [0.25, 0.3) is 0 Å². The minimum absolute atomic E-state index is 0.119. The third-order valence-corrected chi connectivity index (χ3v) is 6.20. The summed E-state index contributed by atoms with van der Waals surface area (Å²) in [5.74, 6) is -0.132. The van der Waals surface area contributed by atoms with E-state index in [0.717, 1.165) is 13.1 Å². The summed E-state index contributed by atoms with van der Waals surface area (Å²) in [5.41, 5.74) is 2.78. The number of carbonyl (C=O) groups is 1. The van der Waals surface area contributed by atoms with E-state index in [1.54, 1.807) is 24.0 Å². The lowest BCUT2D eigenvalue weighted by molar-refractivity contribution is 0.0746. The molecule has 1 amide bonds. The zero-order valence-corrected chi connectivity index (χ0v) is 16.5. The molecule has 2 aromatic rings. The molecule has 7 heteroatoms. The molecule has 0 radical (unpaired) electrons. The number of amides is 1. The normalized spacial score (nSPS) is 15.0. The molecule has 3 rings (SSSR count). The van der Waals surface area contributed by atoms with Crippen molar-refractivity contribution in [3.05, 3.63) is 59.7 Å². The minimum atomic E-state index is -3.57.